The van der Waals surface area contributed by atoms with E-state index < -0.39 is 0 Å². The number of oxime groups is 1. The molecule has 2 aromatic carbocycles. The van der Waals surface area contributed by atoms with Crippen molar-refractivity contribution in [2.24, 2.45) is 11.1 Å². The lowest BCUT2D eigenvalue weighted by molar-refractivity contribution is -0.948. The minimum Gasteiger partial charge on any atom is -0.411 e. The molecule has 3 heteroatoms. The summed E-state index contributed by atoms with van der Waals surface area (Å²) in [6, 6.07) is 21.7. The van der Waals surface area contributed by atoms with E-state index in [1.165, 1.54) is 16.0 Å². The fourth-order valence-electron chi connectivity index (χ4n) is 3.77. The predicted octanol–water partition coefficient (Wildman–Crippen LogP) is 2.85. The van der Waals surface area contributed by atoms with Crippen LogP contribution in [-0.4, -0.2) is 18.0 Å². The van der Waals surface area contributed by atoms with Gasteiger partial charge in [-0.3, -0.25) is 0 Å². The average molecular weight is 295 g/mol. The summed E-state index contributed by atoms with van der Waals surface area (Å²) in [6.07, 6.45) is 0.802. The lowest BCUT2D eigenvalue weighted by Crippen LogP contribution is -3.11. The number of nitrogens with zero attached hydrogens (tertiary/aromatic N) is 1. The Morgan fingerprint density at radius 2 is 1.50 bits per heavy atom. The number of nitrogens with one attached hydrogen (secondary N) is 1. The Hall–Kier alpha value is -2.13. The van der Waals surface area contributed by atoms with Gasteiger partial charge in [0, 0.05) is 17.5 Å². The number of piperidine rings is 1. The van der Waals surface area contributed by atoms with Crippen molar-refractivity contribution in [2.75, 3.05) is 7.05 Å². The van der Waals surface area contributed by atoms with Crippen molar-refractivity contribution < 1.29 is 10.1 Å². The fourth-order valence-corrected chi connectivity index (χ4v) is 3.77. The summed E-state index contributed by atoms with van der Waals surface area (Å²) < 4.78 is 0. The van der Waals surface area contributed by atoms with Crippen molar-refractivity contribution in [3.05, 3.63) is 71.8 Å². The van der Waals surface area contributed by atoms with Crippen molar-refractivity contribution >= 4 is 5.71 Å². The van der Waals surface area contributed by atoms with Gasteiger partial charge in [0.1, 0.15) is 12.1 Å². The van der Waals surface area contributed by atoms with Crippen molar-refractivity contribution in [3.8, 4) is 0 Å². The maximum atomic E-state index is 9.46. The third-order valence-electron chi connectivity index (χ3n) is 4.97. The molecule has 1 aliphatic rings. The van der Waals surface area contributed by atoms with E-state index in [0.717, 1.165) is 12.1 Å². The van der Waals surface area contributed by atoms with Crippen molar-refractivity contribution in [3.63, 3.8) is 0 Å². The first kappa shape index (κ1) is 14.8. The third-order valence-corrected chi connectivity index (χ3v) is 4.97. The van der Waals surface area contributed by atoms with Crippen LogP contribution in [-0.2, 0) is 0 Å². The van der Waals surface area contributed by atoms with Crippen LogP contribution in [0, 0.1) is 5.92 Å². The van der Waals surface area contributed by atoms with E-state index in [-0.39, 0.29) is 5.92 Å². The zero-order valence-electron chi connectivity index (χ0n) is 13.1. The molecule has 3 nitrogen and oxygen atoms in total. The van der Waals surface area contributed by atoms with E-state index >= 15 is 0 Å². The molecule has 2 aromatic rings. The molecular formula is C19H23N2O+. The highest BCUT2D eigenvalue weighted by atomic mass is 16.4. The van der Waals surface area contributed by atoms with Crippen LogP contribution in [0.15, 0.2) is 65.8 Å². The molecule has 0 saturated carbocycles. The van der Waals surface area contributed by atoms with Crippen LogP contribution in [0.25, 0.3) is 0 Å². The minimum atomic E-state index is 0.229. The molecule has 1 unspecified atom stereocenters. The zero-order valence-corrected chi connectivity index (χ0v) is 13.1. The quantitative estimate of drug-likeness (QED) is 0.649. The van der Waals surface area contributed by atoms with Gasteiger partial charge in [0.15, 0.2) is 0 Å². The molecule has 1 heterocycles. The summed E-state index contributed by atoms with van der Waals surface area (Å²) in [6.45, 7) is 2.16. The van der Waals surface area contributed by atoms with Crippen LogP contribution in [0.2, 0.25) is 0 Å². The molecule has 114 valence electrons. The highest BCUT2D eigenvalue weighted by Crippen LogP contribution is 2.30. The molecule has 0 aromatic heterocycles. The molecule has 0 amide bonds. The number of likely N-dealkylation sites (tertiary alicyclic amines) is 1. The smallest absolute Gasteiger partial charge is 0.121 e. The summed E-state index contributed by atoms with van der Waals surface area (Å²) in [4.78, 5) is 1.46. The molecule has 1 aliphatic heterocycles. The van der Waals surface area contributed by atoms with Gasteiger partial charge in [0.2, 0.25) is 0 Å². The van der Waals surface area contributed by atoms with Gasteiger partial charge >= 0.3 is 0 Å². The summed E-state index contributed by atoms with van der Waals surface area (Å²) in [5.74, 6) is 0.229. The van der Waals surface area contributed by atoms with Crippen LogP contribution in [0.5, 0.6) is 0 Å². The van der Waals surface area contributed by atoms with Crippen LogP contribution in [0.1, 0.15) is 36.6 Å². The van der Waals surface area contributed by atoms with Gasteiger partial charge in [-0.05, 0) is 0 Å². The van der Waals surface area contributed by atoms with Gasteiger partial charge in [-0.2, -0.15) is 0 Å². The summed E-state index contributed by atoms with van der Waals surface area (Å²) in [5, 5.41) is 13.1. The number of hydrogen-bond acceptors (Lipinski definition) is 2. The molecule has 0 radical (unpaired) electrons. The van der Waals surface area contributed by atoms with Crippen LogP contribution >= 0.6 is 0 Å². The van der Waals surface area contributed by atoms with Gasteiger partial charge in [0.25, 0.3) is 0 Å². The third kappa shape index (κ3) is 2.64. The van der Waals surface area contributed by atoms with Gasteiger partial charge in [0.05, 0.1) is 18.7 Å². The summed E-state index contributed by atoms with van der Waals surface area (Å²) >= 11 is 0. The second kappa shape index (κ2) is 6.32. The second-order valence-electron chi connectivity index (χ2n) is 6.18. The molecule has 1 fully saturated rings. The average Bonchev–Trinajstić information content (AvgIpc) is 2.57. The molecule has 22 heavy (non-hydrogen) atoms. The maximum absolute atomic E-state index is 9.46. The van der Waals surface area contributed by atoms with Crippen LogP contribution in [0.3, 0.4) is 0 Å². The molecule has 1 saturated heterocycles. The first-order valence-electron chi connectivity index (χ1n) is 7.86. The Kier molecular flexibility index (Phi) is 4.25. The largest absolute Gasteiger partial charge is 0.411 e. The first-order valence-corrected chi connectivity index (χ1v) is 7.86. The number of benzene rings is 2. The van der Waals surface area contributed by atoms with E-state index in [1.54, 1.807) is 0 Å². The topological polar surface area (TPSA) is 37.0 Å². The number of quaternary nitrogens is 1. The highest BCUT2D eigenvalue weighted by molar-refractivity contribution is 5.87. The van der Waals surface area contributed by atoms with Crippen molar-refractivity contribution in [2.45, 2.75) is 25.4 Å². The zero-order chi connectivity index (χ0) is 15.5. The summed E-state index contributed by atoms with van der Waals surface area (Å²) in [5.41, 5.74) is 3.50. The monoisotopic (exact) mass is 295 g/mol. The predicted molar refractivity (Wildman–Crippen MR) is 88.3 cm³/mol. The fraction of sp³-hybridized carbons (Fsp3) is 0.316. The van der Waals surface area contributed by atoms with Crippen LogP contribution < -0.4 is 4.90 Å². The molecule has 0 aliphatic carbocycles. The lowest BCUT2D eigenvalue weighted by atomic mass is 9.80. The Morgan fingerprint density at radius 1 is 0.955 bits per heavy atom. The minimum absolute atomic E-state index is 0.229. The normalized spacial score (nSPS) is 30.4. The van der Waals surface area contributed by atoms with Gasteiger partial charge < -0.3 is 10.1 Å². The van der Waals surface area contributed by atoms with E-state index in [4.69, 9.17) is 0 Å². The second-order valence-corrected chi connectivity index (χ2v) is 6.18. The Bertz CT molecular complexity index is 639. The van der Waals surface area contributed by atoms with Crippen LogP contribution in [0.4, 0.5) is 0 Å². The van der Waals surface area contributed by atoms with Gasteiger partial charge in [-0.25, -0.2) is 0 Å². The number of hydrogen-bond donors (Lipinski definition) is 2. The Balaban J connectivity index is 2.01. The Morgan fingerprint density at radius 3 is 2.05 bits per heavy atom. The summed E-state index contributed by atoms with van der Waals surface area (Å²) in [7, 11) is 2.25. The molecule has 3 rings (SSSR count). The van der Waals surface area contributed by atoms with E-state index in [1.807, 2.05) is 12.1 Å². The Labute approximate surface area is 131 Å². The van der Waals surface area contributed by atoms with Crippen molar-refractivity contribution in [1.29, 1.82) is 0 Å². The molecule has 0 bridgehead atoms. The molecule has 0 spiro atoms. The van der Waals surface area contributed by atoms with Gasteiger partial charge in [-0.1, -0.05) is 72.7 Å². The van der Waals surface area contributed by atoms with Gasteiger partial charge in [-0.15, -0.1) is 0 Å². The lowest BCUT2D eigenvalue weighted by Gasteiger charge is -2.41. The highest BCUT2D eigenvalue weighted by Gasteiger charge is 2.42. The van der Waals surface area contributed by atoms with Crippen molar-refractivity contribution in [1.82, 2.24) is 0 Å². The first-order chi connectivity index (χ1) is 10.7. The SMILES string of the molecule is C[C@@H]1C(=NO)C[C@@H](c2ccccc2)[NH+](C)[C@@H]1c1ccccc1. The molecule has 4 atom stereocenters. The van der Waals surface area contributed by atoms with E-state index in [2.05, 4.69) is 67.7 Å². The molecule has 2 N–H and O–H groups in total. The van der Waals surface area contributed by atoms with E-state index in [0.29, 0.717) is 12.1 Å². The van der Waals surface area contributed by atoms with E-state index in [9.17, 15) is 5.21 Å². The molecular weight excluding hydrogens is 272 g/mol. The number of rotatable bonds is 2. The maximum Gasteiger partial charge on any atom is 0.121 e. The standard InChI is InChI=1S/C19H22N2O/c1-14-17(20-22)13-18(15-9-5-3-6-10-15)21(2)19(14)16-11-7-4-8-12-16/h3-12,14,18-19,22H,13H2,1-2H3/p+1/t14-,18+,19+/m1/s1.